The fourth-order valence-corrected chi connectivity index (χ4v) is 1.59. The van der Waals surface area contributed by atoms with Gasteiger partial charge in [-0.1, -0.05) is 19.1 Å². The molecule has 0 heterocycles. The van der Waals surface area contributed by atoms with Crippen molar-refractivity contribution < 1.29 is 14.3 Å². The number of hydrogen-bond donors (Lipinski definition) is 0. The van der Waals surface area contributed by atoms with Gasteiger partial charge in [-0.15, -0.1) is 0 Å². The van der Waals surface area contributed by atoms with Gasteiger partial charge in [-0.3, -0.25) is 9.59 Å². The lowest BCUT2D eigenvalue weighted by Crippen LogP contribution is -2.35. The second-order valence-electron chi connectivity index (χ2n) is 4.27. The third-order valence-electron chi connectivity index (χ3n) is 2.60. The van der Waals surface area contributed by atoms with Crippen LogP contribution in [0.3, 0.4) is 0 Å². The Morgan fingerprint density at radius 1 is 1.28 bits per heavy atom. The Morgan fingerprint density at radius 3 is 2.44 bits per heavy atom. The number of para-hydroxylation sites is 1. The lowest BCUT2D eigenvalue weighted by Gasteiger charge is -2.19. The number of hydrogen-bond acceptors (Lipinski definition) is 3. The Hall–Kier alpha value is -1.84. The molecule has 0 saturated carbocycles. The van der Waals surface area contributed by atoms with Gasteiger partial charge in [0.2, 0.25) is 0 Å². The number of ether oxygens (including phenoxy) is 1. The molecule has 0 aliphatic rings. The molecule has 0 bridgehead atoms. The Labute approximate surface area is 108 Å². The van der Waals surface area contributed by atoms with Crippen molar-refractivity contribution in [2.24, 2.45) is 0 Å². The van der Waals surface area contributed by atoms with Crippen LogP contribution in [0.1, 0.15) is 30.6 Å². The van der Waals surface area contributed by atoms with E-state index >= 15 is 0 Å². The first-order chi connectivity index (χ1) is 8.47. The molecule has 0 spiro atoms. The highest BCUT2D eigenvalue weighted by Gasteiger charge is 2.19. The van der Waals surface area contributed by atoms with Crippen molar-refractivity contribution >= 4 is 11.7 Å². The molecular weight excluding hydrogens is 230 g/mol. The van der Waals surface area contributed by atoms with Gasteiger partial charge in [0.25, 0.3) is 5.91 Å². The van der Waals surface area contributed by atoms with Crippen LogP contribution in [0.2, 0.25) is 0 Å². The molecule has 0 saturated heterocycles. The van der Waals surface area contributed by atoms with Gasteiger partial charge in [-0.25, -0.2) is 0 Å². The maximum absolute atomic E-state index is 11.7. The zero-order valence-electron chi connectivity index (χ0n) is 11.3. The summed E-state index contributed by atoms with van der Waals surface area (Å²) in [6.07, 6.45) is -0.193. The predicted octanol–water partition coefficient (Wildman–Crippen LogP) is 2.13. The molecule has 1 atom stereocenters. The molecule has 4 heteroatoms. The van der Waals surface area contributed by atoms with Gasteiger partial charge in [0.1, 0.15) is 5.75 Å². The third kappa shape index (κ3) is 3.32. The first kappa shape index (κ1) is 14.2. The van der Waals surface area contributed by atoms with Crippen molar-refractivity contribution in [1.29, 1.82) is 0 Å². The standard InChI is InChI=1S/C14H19NO3/c1-5-12(16)11-8-6-7-9-13(11)18-10(2)14(17)15(3)4/h6-10H,5H2,1-4H3. The SMILES string of the molecule is CCC(=O)c1ccccc1OC(C)C(=O)N(C)C. The largest absolute Gasteiger partial charge is 0.480 e. The fourth-order valence-electron chi connectivity index (χ4n) is 1.59. The van der Waals surface area contributed by atoms with Gasteiger partial charge in [-0.05, 0) is 19.1 Å². The van der Waals surface area contributed by atoms with Crippen LogP contribution in [-0.4, -0.2) is 36.8 Å². The van der Waals surface area contributed by atoms with Crippen LogP contribution < -0.4 is 4.74 Å². The number of benzene rings is 1. The lowest BCUT2D eigenvalue weighted by atomic mass is 10.1. The van der Waals surface area contributed by atoms with E-state index in [1.807, 2.05) is 0 Å². The number of carbonyl (C=O) groups excluding carboxylic acids is 2. The van der Waals surface area contributed by atoms with Crippen LogP contribution in [0.15, 0.2) is 24.3 Å². The molecule has 1 rings (SSSR count). The van der Waals surface area contributed by atoms with Crippen LogP contribution in [0.5, 0.6) is 5.75 Å². The molecule has 1 aromatic rings. The minimum atomic E-state index is -0.606. The smallest absolute Gasteiger partial charge is 0.262 e. The number of rotatable bonds is 5. The molecule has 0 aromatic heterocycles. The highest BCUT2D eigenvalue weighted by Crippen LogP contribution is 2.21. The summed E-state index contributed by atoms with van der Waals surface area (Å²) < 4.78 is 5.58. The number of likely N-dealkylation sites (N-methyl/N-ethyl adjacent to an activating group) is 1. The topological polar surface area (TPSA) is 46.6 Å². The maximum atomic E-state index is 11.7. The van der Waals surface area contributed by atoms with Crippen molar-refractivity contribution in [1.82, 2.24) is 4.90 Å². The van der Waals surface area contributed by atoms with Gasteiger partial charge in [-0.2, -0.15) is 0 Å². The van der Waals surface area contributed by atoms with Crippen molar-refractivity contribution in [3.8, 4) is 5.75 Å². The number of carbonyl (C=O) groups is 2. The second-order valence-corrected chi connectivity index (χ2v) is 4.27. The Balaban J connectivity index is 2.91. The zero-order chi connectivity index (χ0) is 13.7. The number of nitrogens with zero attached hydrogens (tertiary/aromatic N) is 1. The Kier molecular flexibility index (Phi) is 4.89. The van der Waals surface area contributed by atoms with Crippen molar-refractivity contribution in [3.63, 3.8) is 0 Å². The molecule has 1 amide bonds. The van der Waals surface area contributed by atoms with Gasteiger partial charge >= 0.3 is 0 Å². The normalized spacial score (nSPS) is 11.8. The number of Topliss-reactive ketones (excluding diaryl/α,β-unsaturated/α-hetero) is 1. The maximum Gasteiger partial charge on any atom is 0.262 e. The van der Waals surface area contributed by atoms with Crippen LogP contribution in [0, 0.1) is 0 Å². The first-order valence-corrected chi connectivity index (χ1v) is 5.97. The van der Waals surface area contributed by atoms with E-state index in [1.54, 1.807) is 52.2 Å². The summed E-state index contributed by atoms with van der Waals surface area (Å²) in [7, 11) is 3.34. The van der Waals surface area contributed by atoms with E-state index in [2.05, 4.69) is 0 Å². The molecule has 0 aliphatic carbocycles. The summed E-state index contributed by atoms with van der Waals surface area (Å²) >= 11 is 0. The van der Waals surface area contributed by atoms with Gasteiger partial charge < -0.3 is 9.64 Å². The van der Waals surface area contributed by atoms with E-state index in [-0.39, 0.29) is 11.7 Å². The van der Waals surface area contributed by atoms with E-state index in [0.717, 1.165) is 0 Å². The summed E-state index contributed by atoms with van der Waals surface area (Å²) in [5.74, 6) is 0.343. The average Bonchev–Trinajstić information content (AvgIpc) is 2.37. The summed E-state index contributed by atoms with van der Waals surface area (Å²) in [5.41, 5.74) is 0.526. The molecule has 0 N–H and O–H groups in total. The Morgan fingerprint density at radius 2 is 1.89 bits per heavy atom. The van der Waals surface area contributed by atoms with Crippen molar-refractivity contribution in [2.45, 2.75) is 26.4 Å². The van der Waals surface area contributed by atoms with E-state index in [0.29, 0.717) is 17.7 Å². The van der Waals surface area contributed by atoms with Crippen LogP contribution >= 0.6 is 0 Å². The summed E-state index contributed by atoms with van der Waals surface area (Å²) in [6.45, 7) is 3.48. The van der Waals surface area contributed by atoms with Gasteiger partial charge in [0.15, 0.2) is 11.9 Å². The predicted molar refractivity (Wildman–Crippen MR) is 69.8 cm³/mol. The zero-order valence-corrected chi connectivity index (χ0v) is 11.3. The fraction of sp³-hybridized carbons (Fsp3) is 0.429. The first-order valence-electron chi connectivity index (χ1n) is 5.97. The highest BCUT2D eigenvalue weighted by atomic mass is 16.5. The molecule has 0 aliphatic heterocycles. The second kappa shape index (κ2) is 6.19. The minimum absolute atomic E-state index is 0.00935. The van der Waals surface area contributed by atoms with Crippen LogP contribution in [0.25, 0.3) is 0 Å². The molecule has 0 radical (unpaired) electrons. The summed E-state index contributed by atoms with van der Waals surface area (Å²) in [5, 5.41) is 0. The van der Waals surface area contributed by atoms with Crippen LogP contribution in [-0.2, 0) is 4.79 Å². The molecule has 98 valence electrons. The quantitative estimate of drug-likeness (QED) is 0.751. The van der Waals surface area contributed by atoms with E-state index in [4.69, 9.17) is 4.74 Å². The average molecular weight is 249 g/mol. The molecule has 1 aromatic carbocycles. The minimum Gasteiger partial charge on any atom is -0.480 e. The van der Waals surface area contributed by atoms with E-state index < -0.39 is 6.10 Å². The monoisotopic (exact) mass is 249 g/mol. The van der Waals surface area contributed by atoms with Gasteiger partial charge in [0, 0.05) is 20.5 Å². The summed E-state index contributed by atoms with van der Waals surface area (Å²) in [6, 6.07) is 7.00. The van der Waals surface area contributed by atoms with Crippen molar-refractivity contribution in [2.75, 3.05) is 14.1 Å². The summed E-state index contributed by atoms with van der Waals surface area (Å²) in [4.78, 5) is 24.9. The molecule has 1 unspecified atom stereocenters. The molecule has 0 fully saturated rings. The van der Waals surface area contributed by atoms with E-state index in [9.17, 15) is 9.59 Å². The third-order valence-corrected chi connectivity index (χ3v) is 2.60. The van der Waals surface area contributed by atoms with Crippen LogP contribution in [0.4, 0.5) is 0 Å². The molecule has 4 nitrogen and oxygen atoms in total. The number of ketones is 1. The number of amides is 1. The Bertz CT molecular complexity index is 440. The van der Waals surface area contributed by atoms with Gasteiger partial charge in [0.05, 0.1) is 5.56 Å². The lowest BCUT2D eigenvalue weighted by molar-refractivity contribution is -0.135. The van der Waals surface area contributed by atoms with E-state index in [1.165, 1.54) is 4.90 Å². The van der Waals surface area contributed by atoms with Crippen molar-refractivity contribution in [3.05, 3.63) is 29.8 Å². The molecular formula is C14H19NO3. The molecule has 18 heavy (non-hydrogen) atoms. The highest BCUT2D eigenvalue weighted by molar-refractivity contribution is 5.98.